The second-order valence-electron chi connectivity index (χ2n) is 9.69. The Morgan fingerprint density at radius 2 is 1.37 bits per heavy atom. The Kier molecular flexibility index (Phi) is 7.44. The van der Waals surface area contributed by atoms with Crippen molar-refractivity contribution < 1.29 is 19.0 Å². The van der Waals surface area contributed by atoms with Crippen molar-refractivity contribution in [2.75, 3.05) is 64.8 Å². The summed E-state index contributed by atoms with van der Waals surface area (Å²) < 4.78 is 18.5. The van der Waals surface area contributed by atoms with E-state index >= 15 is 0 Å². The Morgan fingerprint density at radius 3 is 2.00 bits per heavy atom. The van der Waals surface area contributed by atoms with Gasteiger partial charge in [-0.3, -0.25) is 14.6 Å². The van der Waals surface area contributed by atoms with Gasteiger partial charge >= 0.3 is 0 Å². The van der Waals surface area contributed by atoms with Gasteiger partial charge in [-0.25, -0.2) is 0 Å². The number of nitrogen functional groups attached to an aromatic ring is 1. The van der Waals surface area contributed by atoms with Gasteiger partial charge in [0.05, 0.1) is 17.9 Å². The highest BCUT2D eigenvalue weighted by molar-refractivity contribution is 6.26. The number of carbonyl (C=O) groups is 1. The summed E-state index contributed by atoms with van der Waals surface area (Å²) in [6.07, 6.45) is 5.85. The maximum atomic E-state index is 13.5. The number of rotatable bonds is 11. The van der Waals surface area contributed by atoms with Crippen molar-refractivity contribution in [3.05, 3.63) is 35.4 Å². The van der Waals surface area contributed by atoms with Gasteiger partial charge in [-0.1, -0.05) is 19.1 Å². The lowest BCUT2D eigenvalue weighted by Crippen LogP contribution is -2.25. The lowest BCUT2D eigenvalue weighted by molar-refractivity contribution is 0.104. The normalized spacial score (nSPS) is 17.6. The number of fused-ring (bicyclic) bond motifs is 3. The molecule has 5 rings (SSSR count). The van der Waals surface area contributed by atoms with Gasteiger partial charge in [0, 0.05) is 35.8 Å². The number of hydrogen-bond acceptors (Lipinski definition) is 7. The maximum absolute atomic E-state index is 13.5. The first-order valence-corrected chi connectivity index (χ1v) is 13.1. The highest BCUT2D eigenvalue weighted by Gasteiger charge is 2.36. The van der Waals surface area contributed by atoms with E-state index in [9.17, 15) is 4.79 Å². The van der Waals surface area contributed by atoms with Crippen LogP contribution in [0.3, 0.4) is 0 Å². The van der Waals surface area contributed by atoms with E-state index in [-0.39, 0.29) is 5.78 Å². The number of nitrogens with zero attached hydrogens (tertiary/aromatic N) is 2. The van der Waals surface area contributed by atoms with Gasteiger partial charge in [0.2, 0.25) is 0 Å². The van der Waals surface area contributed by atoms with E-state index in [0.29, 0.717) is 53.9 Å². The van der Waals surface area contributed by atoms with Crippen molar-refractivity contribution in [2.45, 2.75) is 39.0 Å². The van der Waals surface area contributed by atoms with Gasteiger partial charge in [-0.2, -0.15) is 0 Å². The van der Waals surface area contributed by atoms with Crippen LogP contribution in [0.5, 0.6) is 17.2 Å². The molecular formula is C28H37N3O4. The van der Waals surface area contributed by atoms with Crippen LogP contribution in [0, 0.1) is 0 Å². The van der Waals surface area contributed by atoms with Crippen LogP contribution in [-0.2, 0) is 0 Å². The molecule has 188 valence electrons. The van der Waals surface area contributed by atoms with Crippen molar-refractivity contribution in [1.82, 2.24) is 9.80 Å². The Labute approximate surface area is 208 Å². The van der Waals surface area contributed by atoms with Gasteiger partial charge < -0.3 is 19.9 Å². The van der Waals surface area contributed by atoms with Crippen molar-refractivity contribution in [1.29, 1.82) is 0 Å². The molecule has 1 aliphatic carbocycles. The molecule has 35 heavy (non-hydrogen) atoms. The standard InChI is InChI=1S/C28H37N3O4/c1-2-16-33-22-19-23(35-18-15-31-12-5-6-13-31)27(29)26-25(22)24-20(28(26)32)8-7-9-21(24)34-17-14-30-10-3-4-11-30/h7-9,19H,2-6,10-18,29H2,1H3. The van der Waals surface area contributed by atoms with E-state index < -0.39 is 0 Å². The summed E-state index contributed by atoms with van der Waals surface area (Å²) in [5, 5.41) is 0. The third kappa shape index (κ3) is 4.98. The van der Waals surface area contributed by atoms with Gasteiger partial charge in [0.1, 0.15) is 30.5 Å². The molecule has 2 fully saturated rings. The Morgan fingerprint density at radius 1 is 0.771 bits per heavy atom. The van der Waals surface area contributed by atoms with E-state index in [4.69, 9.17) is 19.9 Å². The molecule has 2 aromatic rings. The molecule has 2 aromatic carbocycles. The smallest absolute Gasteiger partial charge is 0.196 e. The van der Waals surface area contributed by atoms with Gasteiger partial charge in [0.15, 0.2) is 5.78 Å². The average molecular weight is 480 g/mol. The molecule has 7 nitrogen and oxygen atoms in total. The largest absolute Gasteiger partial charge is 0.493 e. The van der Waals surface area contributed by atoms with E-state index in [2.05, 4.69) is 16.7 Å². The van der Waals surface area contributed by atoms with Crippen LogP contribution in [0.4, 0.5) is 5.69 Å². The lowest BCUT2D eigenvalue weighted by atomic mass is 10.0. The first-order valence-electron chi connectivity index (χ1n) is 13.1. The first kappa shape index (κ1) is 23.9. The second-order valence-corrected chi connectivity index (χ2v) is 9.69. The molecule has 0 aromatic heterocycles. The highest BCUT2D eigenvalue weighted by Crippen LogP contribution is 2.52. The van der Waals surface area contributed by atoms with Crippen LogP contribution < -0.4 is 19.9 Å². The fourth-order valence-corrected chi connectivity index (χ4v) is 5.39. The molecule has 2 heterocycles. The van der Waals surface area contributed by atoms with Crippen molar-refractivity contribution in [2.24, 2.45) is 0 Å². The number of benzene rings is 2. The predicted molar refractivity (Wildman–Crippen MR) is 138 cm³/mol. The van der Waals surface area contributed by atoms with Crippen LogP contribution >= 0.6 is 0 Å². The first-order chi connectivity index (χ1) is 17.2. The zero-order valence-corrected chi connectivity index (χ0v) is 20.8. The summed E-state index contributed by atoms with van der Waals surface area (Å²) in [6, 6.07) is 7.52. The SMILES string of the molecule is CCCOc1cc(OCCN2CCCC2)c(N)c2c1-c1c(OCCN3CCCC3)cccc1C2=O. The highest BCUT2D eigenvalue weighted by atomic mass is 16.5. The Bertz CT molecular complexity index is 1060. The summed E-state index contributed by atoms with van der Waals surface area (Å²) in [6.45, 7) is 9.95. The van der Waals surface area contributed by atoms with Crippen molar-refractivity contribution >= 4 is 11.5 Å². The van der Waals surface area contributed by atoms with Gasteiger partial charge in [-0.05, 0) is 64.3 Å². The van der Waals surface area contributed by atoms with Crippen molar-refractivity contribution in [3.8, 4) is 28.4 Å². The molecule has 3 aliphatic rings. The van der Waals surface area contributed by atoms with Crippen LogP contribution in [-0.4, -0.2) is 74.7 Å². The number of anilines is 1. The lowest BCUT2D eigenvalue weighted by Gasteiger charge is -2.20. The van der Waals surface area contributed by atoms with Crippen LogP contribution in [0.1, 0.15) is 54.9 Å². The molecule has 0 amide bonds. The monoisotopic (exact) mass is 479 g/mol. The molecule has 0 radical (unpaired) electrons. The minimum Gasteiger partial charge on any atom is -0.493 e. The van der Waals surface area contributed by atoms with Crippen molar-refractivity contribution in [3.63, 3.8) is 0 Å². The molecule has 0 atom stereocenters. The molecule has 2 saturated heterocycles. The number of hydrogen-bond donors (Lipinski definition) is 1. The van der Waals surface area contributed by atoms with E-state index in [1.807, 2.05) is 24.3 Å². The van der Waals surface area contributed by atoms with E-state index in [1.165, 1.54) is 25.7 Å². The molecular weight excluding hydrogens is 442 g/mol. The topological polar surface area (TPSA) is 77.3 Å². The molecule has 0 unspecified atom stereocenters. The van der Waals surface area contributed by atoms with Crippen LogP contribution in [0.25, 0.3) is 11.1 Å². The summed E-state index contributed by atoms with van der Waals surface area (Å²) in [5.74, 6) is 1.77. The molecule has 0 bridgehead atoms. The zero-order chi connectivity index (χ0) is 24.2. The molecule has 2 aliphatic heterocycles. The quantitative estimate of drug-likeness (QED) is 0.413. The summed E-state index contributed by atoms with van der Waals surface area (Å²) in [5.41, 5.74) is 9.56. The van der Waals surface area contributed by atoms with Crippen LogP contribution in [0.15, 0.2) is 24.3 Å². The average Bonchev–Trinajstić information content (AvgIpc) is 3.62. The van der Waals surface area contributed by atoms with Gasteiger partial charge in [0.25, 0.3) is 0 Å². The minimum absolute atomic E-state index is 0.0937. The second kappa shape index (κ2) is 10.9. The van der Waals surface area contributed by atoms with E-state index in [1.54, 1.807) is 0 Å². The Hall–Kier alpha value is -2.77. The number of carbonyl (C=O) groups excluding carboxylic acids is 1. The molecule has 0 spiro atoms. The minimum atomic E-state index is -0.0937. The van der Waals surface area contributed by atoms with Gasteiger partial charge in [-0.15, -0.1) is 0 Å². The maximum Gasteiger partial charge on any atom is 0.196 e. The molecule has 7 heteroatoms. The number of likely N-dealkylation sites (tertiary alicyclic amines) is 2. The fourth-order valence-electron chi connectivity index (χ4n) is 5.39. The number of ketones is 1. The number of nitrogens with two attached hydrogens (primary N) is 1. The fraction of sp³-hybridized carbons (Fsp3) is 0.536. The summed E-state index contributed by atoms with van der Waals surface area (Å²) in [4.78, 5) is 18.4. The molecule has 0 saturated carbocycles. The van der Waals surface area contributed by atoms with E-state index in [0.717, 1.165) is 56.8 Å². The molecule has 2 N–H and O–H groups in total. The Balaban J connectivity index is 1.43. The third-order valence-electron chi connectivity index (χ3n) is 7.23. The summed E-state index contributed by atoms with van der Waals surface area (Å²) >= 11 is 0. The predicted octanol–water partition coefficient (Wildman–Crippen LogP) is 4.22. The third-order valence-corrected chi connectivity index (χ3v) is 7.23. The number of ether oxygens (including phenoxy) is 3. The zero-order valence-electron chi connectivity index (χ0n) is 20.8. The summed E-state index contributed by atoms with van der Waals surface area (Å²) in [7, 11) is 0. The van der Waals surface area contributed by atoms with Crippen LogP contribution in [0.2, 0.25) is 0 Å².